The third-order valence-corrected chi connectivity index (χ3v) is 5.08. The van der Waals surface area contributed by atoms with Crippen LogP contribution in [0, 0.1) is 5.41 Å². The largest absolute Gasteiger partial charge is 0.316 e. The molecule has 0 aliphatic rings. The summed E-state index contributed by atoms with van der Waals surface area (Å²) in [5.74, 6) is 0. The fourth-order valence-electron chi connectivity index (χ4n) is 2.55. The van der Waals surface area contributed by atoms with Gasteiger partial charge in [0.15, 0.2) is 0 Å². The molecule has 1 N–H and O–H groups in total. The van der Waals surface area contributed by atoms with Crippen LogP contribution in [-0.2, 0) is 6.54 Å². The van der Waals surface area contributed by atoms with Gasteiger partial charge in [-0.1, -0.05) is 33.8 Å². The molecule has 0 atom stereocenters. The van der Waals surface area contributed by atoms with Crippen molar-refractivity contribution in [2.75, 3.05) is 26.2 Å². The average molecular weight is 282 g/mol. The molecule has 0 saturated heterocycles. The zero-order chi connectivity index (χ0) is 14.1. The molecule has 3 heteroatoms. The monoisotopic (exact) mass is 282 g/mol. The summed E-state index contributed by atoms with van der Waals surface area (Å²) in [4.78, 5) is 4.07. The molecule has 0 bridgehead atoms. The normalized spacial score (nSPS) is 12.3. The van der Waals surface area contributed by atoms with E-state index in [-0.39, 0.29) is 0 Å². The second-order valence-electron chi connectivity index (χ2n) is 5.37. The van der Waals surface area contributed by atoms with Crippen LogP contribution in [0.4, 0.5) is 0 Å². The summed E-state index contributed by atoms with van der Waals surface area (Å²) >= 11 is 1.87. The predicted octanol–water partition coefficient (Wildman–Crippen LogP) is 3.99. The van der Waals surface area contributed by atoms with Crippen molar-refractivity contribution < 1.29 is 0 Å². The number of nitrogens with one attached hydrogen (secondary N) is 1. The van der Waals surface area contributed by atoms with Crippen LogP contribution in [0.25, 0.3) is 0 Å². The van der Waals surface area contributed by atoms with E-state index in [9.17, 15) is 0 Å². The maximum Gasteiger partial charge on any atom is 0.0328 e. The summed E-state index contributed by atoms with van der Waals surface area (Å²) in [6.45, 7) is 14.8. The van der Waals surface area contributed by atoms with E-state index in [1.54, 1.807) is 0 Å². The van der Waals surface area contributed by atoms with Crippen LogP contribution in [0.2, 0.25) is 0 Å². The molecule has 0 saturated carbocycles. The summed E-state index contributed by atoms with van der Waals surface area (Å²) in [6.07, 6.45) is 2.49. The van der Waals surface area contributed by atoms with Crippen molar-refractivity contribution in [3.8, 4) is 0 Å². The van der Waals surface area contributed by atoms with Crippen LogP contribution in [-0.4, -0.2) is 31.1 Å². The Morgan fingerprint density at radius 2 is 1.95 bits per heavy atom. The number of nitrogens with zero attached hydrogens (tertiary/aromatic N) is 1. The Labute approximate surface area is 123 Å². The van der Waals surface area contributed by atoms with Crippen molar-refractivity contribution in [3.63, 3.8) is 0 Å². The topological polar surface area (TPSA) is 15.3 Å². The van der Waals surface area contributed by atoms with Gasteiger partial charge in [0.05, 0.1) is 0 Å². The van der Waals surface area contributed by atoms with Crippen molar-refractivity contribution in [2.24, 2.45) is 5.41 Å². The summed E-state index contributed by atoms with van der Waals surface area (Å²) in [5, 5.41) is 5.73. The predicted molar refractivity (Wildman–Crippen MR) is 86.8 cm³/mol. The first-order chi connectivity index (χ1) is 9.19. The fourth-order valence-corrected chi connectivity index (χ4v) is 3.29. The SMILES string of the molecule is CCNCC(CC)(CC)CN(CC)Cc1cccs1. The van der Waals surface area contributed by atoms with Crippen molar-refractivity contribution >= 4 is 11.3 Å². The summed E-state index contributed by atoms with van der Waals surface area (Å²) in [7, 11) is 0. The molecule has 0 radical (unpaired) electrons. The van der Waals surface area contributed by atoms with Gasteiger partial charge in [-0.25, -0.2) is 0 Å². The number of thiophene rings is 1. The molecule has 0 unspecified atom stereocenters. The highest BCUT2D eigenvalue weighted by Crippen LogP contribution is 2.28. The smallest absolute Gasteiger partial charge is 0.0328 e. The number of rotatable bonds is 10. The first-order valence-corrected chi connectivity index (χ1v) is 8.53. The molecule has 19 heavy (non-hydrogen) atoms. The Morgan fingerprint density at radius 3 is 2.42 bits per heavy atom. The Bertz CT molecular complexity index is 317. The zero-order valence-electron chi connectivity index (χ0n) is 13.0. The highest BCUT2D eigenvalue weighted by Gasteiger charge is 2.28. The van der Waals surface area contributed by atoms with E-state index in [4.69, 9.17) is 0 Å². The van der Waals surface area contributed by atoms with Crippen LogP contribution < -0.4 is 5.32 Å². The summed E-state index contributed by atoms with van der Waals surface area (Å²) in [6, 6.07) is 4.40. The van der Waals surface area contributed by atoms with Gasteiger partial charge in [0.2, 0.25) is 0 Å². The van der Waals surface area contributed by atoms with Crippen molar-refractivity contribution in [2.45, 2.75) is 47.1 Å². The van der Waals surface area contributed by atoms with E-state index in [0.29, 0.717) is 5.41 Å². The highest BCUT2D eigenvalue weighted by molar-refractivity contribution is 7.09. The summed E-state index contributed by atoms with van der Waals surface area (Å²) < 4.78 is 0. The average Bonchev–Trinajstić information content (AvgIpc) is 2.95. The first-order valence-electron chi connectivity index (χ1n) is 7.65. The lowest BCUT2D eigenvalue weighted by Crippen LogP contribution is -2.43. The third-order valence-electron chi connectivity index (χ3n) is 4.22. The van der Waals surface area contributed by atoms with Crippen LogP contribution in [0.5, 0.6) is 0 Å². The molecule has 1 rings (SSSR count). The molecule has 0 amide bonds. The lowest BCUT2D eigenvalue weighted by Gasteiger charge is -2.37. The van der Waals surface area contributed by atoms with Gasteiger partial charge in [-0.3, -0.25) is 4.90 Å². The van der Waals surface area contributed by atoms with Gasteiger partial charge in [-0.2, -0.15) is 0 Å². The van der Waals surface area contributed by atoms with Gasteiger partial charge in [0, 0.05) is 24.5 Å². The van der Waals surface area contributed by atoms with Gasteiger partial charge in [-0.15, -0.1) is 11.3 Å². The van der Waals surface area contributed by atoms with Crippen LogP contribution >= 0.6 is 11.3 Å². The molecule has 0 spiro atoms. The Balaban J connectivity index is 2.63. The second-order valence-corrected chi connectivity index (χ2v) is 6.40. The van der Waals surface area contributed by atoms with Crippen LogP contribution in [0.15, 0.2) is 17.5 Å². The minimum Gasteiger partial charge on any atom is -0.316 e. The van der Waals surface area contributed by atoms with Crippen molar-refractivity contribution in [1.29, 1.82) is 0 Å². The summed E-state index contributed by atoms with van der Waals surface area (Å²) in [5.41, 5.74) is 0.420. The number of hydrogen-bond donors (Lipinski definition) is 1. The first kappa shape index (κ1) is 16.7. The van der Waals surface area contributed by atoms with E-state index in [0.717, 1.165) is 26.2 Å². The molecule has 1 heterocycles. The highest BCUT2D eigenvalue weighted by atomic mass is 32.1. The Morgan fingerprint density at radius 1 is 1.21 bits per heavy atom. The molecule has 0 fully saturated rings. The Kier molecular flexibility index (Phi) is 7.66. The molecule has 110 valence electrons. The van der Waals surface area contributed by atoms with E-state index in [1.807, 2.05) is 11.3 Å². The van der Waals surface area contributed by atoms with Gasteiger partial charge in [-0.05, 0) is 42.8 Å². The van der Waals surface area contributed by atoms with Crippen molar-refractivity contribution in [1.82, 2.24) is 10.2 Å². The maximum absolute atomic E-state index is 3.56. The molecular weight excluding hydrogens is 252 g/mol. The third kappa shape index (κ3) is 5.25. The van der Waals surface area contributed by atoms with Crippen LogP contribution in [0.3, 0.4) is 0 Å². The van der Waals surface area contributed by atoms with Gasteiger partial charge >= 0.3 is 0 Å². The standard InChI is InChI=1S/C16H30N2S/c1-5-16(6-2,13-17-7-3)14-18(8-4)12-15-10-9-11-19-15/h9-11,17H,5-8,12-14H2,1-4H3. The lowest BCUT2D eigenvalue weighted by molar-refractivity contribution is 0.135. The maximum atomic E-state index is 3.56. The molecule has 0 aliphatic heterocycles. The van der Waals surface area contributed by atoms with E-state index >= 15 is 0 Å². The van der Waals surface area contributed by atoms with Gasteiger partial charge in [0.25, 0.3) is 0 Å². The van der Waals surface area contributed by atoms with E-state index in [2.05, 4.69) is 55.4 Å². The van der Waals surface area contributed by atoms with E-state index in [1.165, 1.54) is 24.3 Å². The minimum atomic E-state index is 0.420. The fraction of sp³-hybridized carbons (Fsp3) is 0.750. The molecule has 0 aromatic carbocycles. The minimum absolute atomic E-state index is 0.420. The molecular formula is C16H30N2S. The molecule has 0 aliphatic carbocycles. The number of hydrogen-bond acceptors (Lipinski definition) is 3. The van der Waals surface area contributed by atoms with Crippen LogP contribution in [0.1, 0.15) is 45.4 Å². The lowest BCUT2D eigenvalue weighted by atomic mass is 9.81. The van der Waals surface area contributed by atoms with Gasteiger partial charge < -0.3 is 5.32 Å². The van der Waals surface area contributed by atoms with E-state index < -0.39 is 0 Å². The van der Waals surface area contributed by atoms with Gasteiger partial charge in [0.1, 0.15) is 0 Å². The second kappa shape index (κ2) is 8.72. The van der Waals surface area contributed by atoms with Crippen molar-refractivity contribution in [3.05, 3.63) is 22.4 Å². The molecule has 1 aromatic rings. The molecule has 1 aromatic heterocycles. The zero-order valence-corrected chi connectivity index (χ0v) is 13.9. The molecule has 2 nitrogen and oxygen atoms in total. The Hall–Kier alpha value is -0.380. The quantitative estimate of drug-likeness (QED) is 0.698.